The Labute approximate surface area is 89.5 Å². The molecule has 0 nitrogen and oxygen atoms in total. The van der Waals surface area contributed by atoms with E-state index in [9.17, 15) is 0 Å². The molecule has 0 spiro atoms. The molecule has 0 rings (SSSR count). The maximum Gasteiger partial charge on any atom is 0 e. The molecule has 0 N–H and O–H groups in total. The molecule has 0 aromatic carbocycles. The number of rotatable bonds is 0. The van der Waals surface area contributed by atoms with Gasteiger partial charge in [-0.2, -0.15) is 9.90 Å². The fraction of sp³-hybridized carbons (Fsp3) is 0. The van der Waals surface area contributed by atoms with Gasteiger partial charge in [-0.1, -0.05) is 0 Å². The summed E-state index contributed by atoms with van der Waals surface area (Å²) in [6.45, 7) is 0. The number of hydrogen-bond acceptors (Lipinski definition) is 0. The van der Waals surface area contributed by atoms with E-state index < -0.39 is 0 Å². The average Bonchev–Trinajstić information content (AvgIpc) is 0. The van der Waals surface area contributed by atoms with E-state index in [0.29, 0.717) is 0 Å². The zero-order valence-electron chi connectivity index (χ0n) is 2.89. The third-order valence-corrected chi connectivity index (χ3v) is 0. The molecule has 22 valence electrons. The molecule has 0 fully saturated rings. The summed E-state index contributed by atoms with van der Waals surface area (Å²) in [5.74, 6) is 0. The van der Waals surface area contributed by atoms with Crippen LogP contribution in [0.15, 0.2) is 0 Å². The Bertz CT molecular complexity index is 11.6. The summed E-state index contributed by atoms with van der Waals surface area (Å²) in [6.07, 6.45) is 0. The second-order valence-corrected chi connectivity index (χ2v) is 0. The van der Waals surface area contributed by atoms with E-state index in [4.69, 9.17) is 0 Å². The Morgan fingerprint density at radius 2 is 1.00 bits per heavy atom. The monoisotopic (exact) mass is 320 g/mol. The van der Waals surface area contributed by atoms with Crippen LogP contribution in [0.1, 0.15) is 0 Å². The average molecular weight is 320 g/mol. The Hall–Kier alpha value is 3.03. The van der Waals surface area contributed by atoms with Gasteiger partial charge in [0.25, 0.3) is 0 Å². The Morgan fingerprint density at radius 1 is 1.00 bits per heavy atom. The van der Waals surface area contributed by atoms with Crippen molar-refractivity contribution in [3.63, 3.8) is 0 Å². The second-order valence-electron chi connectivity index (χ2n) is 0. The first kappa shape index (κ1) is 43.3. The molecule has 5 heavy (non-hydrogen) atoms. The quantitative estimate of drug-likeness (QED) is 0.378. The normalized spacial score (nSPS) is 0. The molecule has 0 saturated carbocycles. The van der Waals surface area contributed by atoms with Crippen LogP contribution in [0, 0.1) is 0 Å². The standard InChI is InChI=1S/Al.As.Ga.In.H3P/h;;;;1H3. The molecule has 0 aromatic rings. The van der Waals surface area contributed by atoms with Crippen molar-refractivity contribution in [2.75, 3.05) is 0 Å². The van der Waals surface area contributed by atoms with Crippen LogP contribution in [-0.2, 0) is 0 Å². The van der Waals surface area contributed by atoms with Gasteiger partial charge in [-0.3, -0.25) is 0 Å². The van der Waals surface area contributed by atoms with E-state index in [0.717, 1.165) is 0 Å². The van der Waals surface area contributed by atoms with E-state index in [1.54, 1.807) is 0 Å². The molecule has 0 bridgehead atoms. The van der Waals surface area contributed by atoms with Crippen molar-refractivity contribution in [3.05, 3.63) is 0 Å². The van der Waals surface area contributed by atoms with E-state index in [1.165, 1.54) is 0 Å². The van der Waals surface area contributed by atoms with Gasteiger partial charge in [0.05, 0.1) is 0 Å². The molecule has 0 aliphatic heterocycles. The third-order valence-electron chi connectivity index (χ3n) is 0. The summed E-state index contributed by atoms with van der Waals surface area (Å²) in [6, 6.07) is 0. The van der Waals surface area contributed by atoms with Crippen LogP contribution in [-0.4, -0.2) is 80.9 Å². The van der Waals surface area contributed by atoms with Crippen LogP contribution in [0.4, 0.5) is 0 Å². The Balaban J connectivity index is 0. The van der Waals surface area contributed by atoms with Gasteiger partial charge >= 0.3 is 0 Å². The number of hydrogen-bond donors (Lipinski definition) is 0. The third kappa shape index (κ3) is 19.4. The first-order chi connectivity index (χ1) is 0. The van der Waals surface area contributed by atoms with Crippen LogP contribution >= 0.6 is 9.90 Å². The molecule has 0 aliphatic carbocycles. The SMILES string of the molecule is P.[Al].[As].[Ga].[In]. The van der Waals surface area contributed by atoms with Gasteiger partial charge in [0, 0.05) is 80.9 Å². The summed E-state index contributed by atoms with van der Waals surface area (Å²) in [5.41, 5.74) is 0. The fourth-order valence-electron chi connectivity index (χ4n) is 0. The van der Waals surface area contributed by atoms with E-state index >= 15 is 0 Å². The minimum Gasteiger partial charge on any atom is -0.153 e. The van der Waals surface area contributed by atoms with Gasteiger partial charge in [-0.05, 0) is 0 Å². The topological polar surface area (TPSA) is 0 Å². The van der Waals surface area contributed by atoms with Gasteiger partial charge in [0.15, 0.2) is 0 Å². The van der Waals surface area contributed by atoms with E-state index in [2.05, 4.69) is 0 Å². The van der Waals surface area contributed by atoms with Gasteiger partial charge < -0.3 is 0 Å². The van der Waals surface area contributed by atoms with Crippen LogP contribution in [0.2, 0.25) is 0 Å². The zero-order valence-corrected chi connectivity index (χ0v) is 13.1. The molecule has 0 aliphatic rings. The summed E-state index contributed by atoms with van der Waals surface area (Å²) in [4.78, 5) is 0. The van der Waals surface area contributed by atoms with Crippen LogP contribution < -0.4 is 0 Å². The van der Waals surface area contributed by atoms with Crippen molar-refractivity contribution < 1.29 is 0 Å². The van der Waals surface area contributed by atoms with Gasteiger partial charge in [0.1, 0.15) is 0 Å². The van der Waals surface area contributed by atoms with Crippen LogP contribution in [0.3, 0.4) is 0 Å². The second kappa shape index (κ2) is 27.9. The summed E-state index contributed by atoms with van der Waals surface area (Å²) in [5, 5.41) is 0. The van der Waals surface area contributed by atoms with Crippen molar-refractivity contribution in [2.45, 2.75) is 0 Å². The molecule has 1 atom stereocenters. The predicted octanol–water partition coefficient (Wildman–Crippen LogP) is -1.47. The van der Waals surface area contributed by atoms with Crippen molar-refractivity contribution in [1.29, 1.82) is 0 Å². The van der Waals surface area contributed by atoms with Gasteiger partial charge in [0.2, 0.25) is 0 Å². The Kier molecular flexibility index (Phi) is 241. The van der Waals surface area contributed by atoms with Gasteiger partial charge in [-0.15, -0.1) is 0 Å². The van der Waals surface area contributed by atoms with Crippen molar-refractivity contribution in [2.24, 2.45) is 0 Å². The van der Waals surface area contributed by atoms with Crippen LogP contribution in [0.25, 0.3) is 0 Å². The summed E-state index contributed by atoms with van der Waals surface area (Å²) < 4.78 is 0. The largest absolute Gasteiger partial charge is 0.153 e. The zero-order chi connectivity index (χ0) is 0. The molecule has 12 radical (unpaired) electrons. The first-order valence-corrected chi connectivity index (χ1v) is 0. The molecule has 0 amide bonds. The van der Waals surface area contributed by atoms with E-state index in [-0.39, 0.29) is 90.8 Å². The van der Waals surface area contributed by atoms with Crippen LogP contribution in [0.5, 0.6) is 0 Å². The Morgan fingerprint density at radius 3 is 1.00 bits per heavy atom. The summed E-state index contributed by atoms with van der Waals surface area (Å²) >= 11 is 0. The molecule has 0 aromatic heterocycles. The summed E-state index contributed by atoms with van der Waals surface area (Å²) in [7, 11) is 0. The molecule has 0 heterocycles. The minimum atomic E-state index is 0. The van der Waals surface area contributed by atoms with E-state index in [1.807, 2.05) is 0 Å². The smallest absolute Gasteiger partial charge is 0 e. The molecular formula is H3AlAsGaInP. The maximum atomic E-state index is 0. The molecule has 0 saturated heterocycles. The van der Waals surface area contributed by atoms with Crippen molar-refractivity contribution in [3.8, 4) is 0 Å². The van der Waals surface area contributed by atoms with Crippen molar-refractivity contribution in [1.82, 2.24) is 0 Å². The molecule has 1 unspecified atom stereocenters. The minimum absolute atomic E-state index is 0. The van der Waals surface area contributed by atoms with Crippen molar-refractivity contribution >= 4 is 90.8 Å². The fourth-order valence-corrected chi connectivity index (χ4v) is 0. The first-order valence-electron chi connectivity index (χ1n) is 0. The molecular weight excluding hydrogens is 317 g/mol. The van der Waals surface area contributed by atoms with Gasteiger partial charge in [-0.25, -0.2) is 0 Å². The molecule has 5 heteroatoms. The maximum absolute atomic E-state index is 0. The predicted molar refractivity (Wildman–Crippen MR) is 34.1 cm³/mol.